The van der Waals surface area contributed by atoms with Gasteiger partial charge in [-0.25, -0.2) is 14.4 Å². The molecule has 0 aliphatic carbocycles. The summed E-state index contributed by atoms with van der Waals surface area (Å²) in [5.41, 5.74) is 0.531. The van der Waals surface area contributed by atoms with Gasteiger partial charge >= 0.3 is 0 Å². The van der Waals surface area contributed by atoms with Crippen LogP contribution in [0.4, 0.5) is 4.39 Å². The Hall–Kier alpha value is -2.54. The van der Waals surface area contributed by atoms with E-state index >= 15 is 0 Å². The van der Waals surface area contributed by atoms with Gasteiger partial charge < -0.3 is 14.4 Å². The van der Waals surface area contributed by atoms with Crippen LogP contribution >= 0.6 is 0 Å². The van der Waals surface area contributed by atoms with Crippen LogP contribution in [0.5, 0.6) is 5.75 Å². The fourth-order valence-corrected chi connectivity index (χ4v) is 3.10. The molecular formula is C19H22FN3O3. The van der Waals surface area contributed by atoms with Crippen LogP contribution in [0.15, 0.2) is 30.5 Å². The number of likely N-dealkylation sites (tertiary alicyclic amines) is 1. The molecule has 1 aromatic carbocycles. The van der Waals surface area contributed by atoms with Crippen molar-refractivity contribution in [2.45, 2.75) is 25.9 Å². The molecule has 26 heavy (non-hydrogen) atoms. The molecule has 0 spiro atoms. The van der Waals surface area contributed by atoms with Crippen molar-refractivity contribution in [1.82, 2.24) is 14.9 Å². The van der Waals surface area contributed by atoms with Gasteiger partial charge in [0, 0.05) is 25.9 Å². The first kappa shape index (κ1) is 18.3. The summed E-state index contributed by atoms with van der Waals surface area (Å²) in [6.45, 7) is 4.77. The number of halogens is 1. The van der Waals surface area contributed by atoms with E-state index in [4.69, 9.17) is 9.47 Å². The monoisotopic (exact) mass is 359 g/mol. The predicted octanol–water partition coefficient (Wildman–Crippen LogP) is 2.54. The largest absolute Gasteiger partial charge is 0.490 e. The zero-order chi connectivity index (χ0) is 18.7. The number of aryl methyl sites for hydroxylation is 2. The van der Waals surface area contributed by atoms with Gasteiger partial charge in [0.1, 0.15) is 29.6 Å². The van der Waals surface area contributed by atoms with Crippen LogP contribution < -0.4 is 4.74 Å². The maximum atomic E-state index is 13.3. The van der Waals surface area contributed by atoms with Gasteiger partial charge in [-0.05, 0) is 32.4 Å². The van der Waals surface area contributed by atoms with Crippen LogP contribution in [0.25, 0.3) is 0 Å². The zero-order valence-electron chi connectivity index (χ0n) is 15.2. The van der Waals surface area contributed by atoms with Crippen molar-refractivity contribution >= 4 is 5.91 Å². The smallest absolute Gasteiger partial charge is 0.257 e. The molecule has 1 aliphatic rings. The second-order valence-electron chi connectivity index (χ2n) is 6.53. The van der Waals surface area contributed by atoms with Gasteiger partial charge in [0.2, 0.25) is 0 Å². The number of methoxy groups -OCH3 is 1. The summed E-state index contributed by atoms with van der Waals surface area (Å²) in [7, 11) is 1.60. The average Bonchev–Trinajstić information content (AvgIpc) is 3.05. The Bertz CT molecular complexity index is 814. The third kappa shape index (κ3) is 3.83. The van der Waals surface area contributed by atoms with Gasteiger partial charge in [-0.3, -0.25) is 4.79 Å². The third-order valence-electron chi connectivity index (χ3n) is 4.66. The molecule has 7 heteroatoms. The topological polar surface area (TPSA) is 64.6 Å². The minimum atomic E-state index is -0.624. The molecule has 6 nitrogen and oxygen atoms in total. The Kier molecular flexibility index (Phi) is 5.18. The Morgan fingerprint density at radius 1 is 1.38 bits per heavy atom. The number of amides is 1. The average molecular weight is 359 g/mol. The minimum absolute atomic E-state index is 0.118. The minimum Gasteiger partial charge on any atom is -0.490 e. The lowest BCUT2D eigenvalue weighted by atomic mass is 10.0. The van der Waals surface area contributed by atoms with Crippen molar-refractivity contribution in [1.29, 1.82) is 0 Å². The van der Waals surface area contributed by atoms with Gasteiger partial charge in [0.15, 0.2) is 0 Å². The lowest BCUT2D eigenvalue weighted by Crippen LogP contribution is -2.42. The second-order valence-corrected chi connectivity index (χ2v) is 6.53. The maximum absolute atomic E-state index is 13.3. The summed E-state index contributed by atoms with van der Waals surface area (Å²) >= 11 is 0. The van der Waals surface area contributed by atoms with Crippen LogP contribution in [0.3, 0.4) is 0 Å². The molecule has 1 amide bonds. The number of hydrogen-bond acceptors (Lipinski definition) is 5. The van der Waals surface area contributed by atoms with Crippen molar-refractivity contribution in [3.8, 4) is 5.75 Å². The predicted molar refractivity (Wildman–Crippen MR) is 93.7 cm³/mol. The van der Waals surface area contributed by atoms with Crippen molar-refractivity contribution < 1.29 is 18.7 Å². The van der Waals surface area contributed by atoms with Gasteiger partial charge in [-0.1, -0.05) is 6.07 Å². The Balaban J connectivity index is 1.69. The molecule has 1 fully saturated rings. The van der Waals surface area contributed by atoms with Gasteiger partial charge in [-0.2, -0.15) is 0 Å². The van der Waals surface area contributed by atoms with E-state index in [0.717, 1.165) is 0 Å². The molecule has 3 rings (SSSR count). The normalized spacial score (nSPS) is 19.6. The van der Waals surface area contributed by atoms with Crippen LogP contribution in [0.2, 0.25) is 0 Å². The summed E-state index contributed by atoms with van der Waals surface area (Å²) < 4.78 is 24.7. The zero-order valence-corrected chi connectivity index (χ0v) is 15.2. The molecule has 1 saturated heterocycles. The van der Waals surface area contributed by atoms with E-state index in [9.17, 15) is 9.18 Å². The molecule has 0 bridgehead atoms. The van der Waals surface area contributed by atoms with E-state index in [1.54, 1.807) is 44.2 Å². The lowest BCUT2D eigenvalue weighted by Gasteiger charge is -2.28. The molecule has 0 unspecified atom stereocenters. The van der Waals surface area contributed by atoms with Crippen molar-refractivity contribution in [2.75, 3.05) is 26.8 Å². The fraction of sp³-hybridized carbons (Fsp3) is 0.421. The number of benzene rings is 1. The quantitative estimate of drug-likeness (QED) is 0.821. The lowest BCUT2D eigenvalue weighted by molar-refractivity contribution is -0.0343. The summed E-state index contributed by atoms with van der Waals surface area (Å²) in [5, 5.41) is 0. The standard InChI is InChI=1S/C19H22FN3O3/c1-13-17(10-21-14(2)22-13)18(24)23-8-7-19(11-23,25-3)12-26-16-6-4-5-15(20)9-16/h4-6,9-10H,7-8,11-12H2,1-3H3/t19-/m0/s1. The summed E-state index contributed by atoms with van der Waals surface area (Å²) in [5.74, 6) is 0.600. The number of aromatic nitrogens is 2. The van der Waals surface area contributed by atoms with Gasteiger partial charge in [0.25, 0.3) is 5.91 Å². The Labute approximate surface area is 152 Å². The molecule has 1 atom stereocenters. The molecule has 138 valence electrons. The fourth-order valence-electron chi connectivity index (χ4n) is 3.10. The summed E-state index contributed by atoms with van der Waals surface area (Å²) in [6, 6.07) is 5.97. The highest BCUT2D eigenvalue weighted by Crippen LogP contribution is 2.28. The van der Waals surface area contributed by atoms with E-state index in [1.807, 2.05) is 0 Å². The van der Waals surface area contributed by atoms with E-state index in [2.05, 4.69) is 9.97 Å². The highest BCUT2D eigenvalue weighted by atomic mass is 19.1. The molecule has 0 saturated carbocycles. The number of hydrogen-bond donors (Lipinski definition) is 0. The molecule has 2 aromatic rings. The molecule has 0 N–H and O–H groups in total. The number of carbonyl (C=O) groups excluding carboxylic acids is 1. The molecule has 0 radical (unpaired) electrons. The van der Waals surface area contributed by atoms with E-state index in [1.165, 1.54) is 12.1 Å². The molecule has 1 aromatic heterocycles. The van der Waals surface area contributed by atoms with E-state index < -0.39 is 5.60 Å². The molecule has 1 aliphatic heterocycles. The first-order valence-corrected chi connectivity index (χ1v) is 8.45. The number of nitrogens with zero attached hydrogens (tertiary/aromatic N) is 3. The number of rotatable bonds is 5. The Morgan fingerprint density at radius 3 is 2.88 bits per heavy atom. The van der Waals surface area contributed by atoms with E-state index in [0.29, 0.717) is 42.3 Å². The summed E-state index contributed by atoms with van der Waals surface area (Å²) in [6.07, 6.45) is 2.20. The second kappa shape index (κ2) is 7.37. The molecule has 2 heterocycles. The van der Waals surface area contributed by atoms with Crippen molar-refractivity contribution in [3.05, 3.63) is 53.4 Å². The summed E-state index contributed by atoms with van der Waals surface area (Å²) in [4.78, 5) is 22.9. The van der Waals surface area contributed by atoms with Crippen molar-refractivity contribution in [3.63, 3.8) is 0 Å². The third-order valence-corrected chi connectivity index (χ3v) is 4.66. The highest BCUT2D eigenvalue weighted by molar-refractivity contribution is 5.95. The van der Waals surface area contributed by atoms with Gasteiger partial charge in [-0.15, -0.1) is 0 Å². The molecular weight excluding hydrogens is 337 g/mol. The van der Waals surface area contributed by atoms with Crippen molar-refractivity contribution in [2.24, 2.45) is 0 Å². The Morgan fingerprint density at radius 2 is 2.19 bits per heavy atom. The first-order chi connectivity index (χ1) is 12.4. The first-order valence-electron chi connectivity index (χ1n) is 8.45. The maximum Gasteiger partial charge on any atom is 0.257 e. The SMILES string of the molecule is CO[C@@]1(COc2cccc(F)c2)CCN(C(=O)c2cnc(C)nc2C)C1. The van der Waals surface area contributed by atoms with Crippen LogP contribution in [-0.4, -0.2) is 53.2 Å². The van der Waals surface area contributed by atoms with Gasteiger partial charge in [0.05, 0.1) is 17.8 Å². The highest BCUT2D eigenvalue weighted by Gasteiger charge is 2.41. The van der Waals surface area contributed by atoms with Crippen LogP contribution in [-0.2, 0) is 4.74 Å². The van der Waals surface area contributed by atoms with E-state index in [-0.39, 0.29) is 18.3 Å². The number of carbonyl (C=O) groups is 1. The van der Waals surface area contributed by atoms with Crippen LogP contribution in [0, 0.1) is 19.7 Å². The number of ether oxygens (including phenoxy) is 2. The van der Waals surface area contributed by atoms with Crippen LogP contribution in [0.1, 0.15) is 28.3 Å².